The van der Waals surface area contributed by atoms with Gasteiger partial charge in [-0.05, 0) is 68.3 Å². The summed E-state index contributed by atoms with van der Waals surface area (Å²) >= 11 is 0. The predicted octanol–water partition coefficient (Wildman–Crippen LogP) is 4.29. The number of carbonyl (C=O) groups is 2. The number of aromatic nitrogens is 4. The highest BCUT2D eigenvalue weighted by Crippen LogP contribution is 2.30. The number of piperazine rings is 1. The molecule has 2 amide bonds. The van der Waals surface area contributed by atoms with Gasteiger partial charge in [0, 0.05) is 81.6 Å². The van der Waals surface area contributed by atoms with Gasteiger partial charge >= 0.3 is 11.8 Å². The van der Waals surface area contributed by atoms with E-state index in [1.165, 1.54) is 0 Å². The molecule has 0 bridgehead atoms. The lowest BCUT2D eigenvalue weighted by Crippen LogP contribution is -2.54. The standard InChI is InChI=1S/C38H46N8O4/c1-25-21-26(22-28-24-39-41-34(25)28)23-33(36(47)44-13-9-29(10-14-44)43-19-17-42(2)18-20-43)50-38(49)45-15-11-30(12-16-45)46-32-8-7-27-5-3-4-6-31(27)35(32)40-37(46)48/h3-8,21-22,24,29-30,33H,9-20,23H2,1-2H3,(H,39,41)(H,40,48)/t33-/m1/s1. The summed E-state index contributed by atoms with van der Waals surface area (Å²) in [6, 6.07) is 16.6. The van der Waals surface area contributed by atoms with Crippen molar-refractivity contribution in [1.29, 1.82) is 0 Å². The lowest BCUT2D eigenvalue weighted by Gasteiger charge is -2.42. The van der Waals surface area contributed by atoms with Crippen molar-refractivity contribution in [3.63, 3.8) is 0 Å². The molecule has 3 aliphatic rings. The van der Waals surface area contributed by atoms with Crippen LogP contribution >= 0.6 is 0 Å². The number of aryl methyl sites for hydroxylation is 1. The summed E-state index contributed by atoms with van der Waals surface area (Å²) in [5.74, 6) is -0.132. The molecule has 50 heavy (non-hydrogen) atoms. The highest BCUT2D eigenvalue weighted by atomic mass is 16.6. The number of hydrogen-bond donors (Lipinski definition) is 2. The Kier molecular flexibility index (Phi) is 8.82. The number of hydrogen-bond acceptors (Lipinski definition) is 7. The van der Waals surface area contributed by atoms with Crippen LogP contribution in [0.25, 0.3) is 32.7 Å². The number of imidazole rings is 1. The maximum Gasteiger partial charge on any atom is 0.410 e. The minimum atomic E-state index is -0.936. The Hall–Kier alpha value is -4.68. The largest absolute Gasteiger partial charge is 0.436 e. The smallest absolute Gasteiger partial charge is 0.410 e. The first kappa shape index (κ1) is 32.5. The minimum Gasteiger partial charge on any atom is -0.436 e. The van der Waals surface area contributed by atoms with Crippen LogP contribution in [0, 0.1) is 6.92 Å². The number of ether oxygens (including phenoxy) is 1. The Balaban J connectivity index is 0.961. The fraction of sp³-hybridized carbons (Fsp3) is 0.474. The van der Waals surface area contributed by atoms with Gasteiger partial charge in [-0.3, -0.25) is 19.4 Å². The van der Waals surface area contributed by atoms with Crippen molar-refractivity contribution in [2.75, 3.05) is 59.4 Å². The summed E-state index contributed by atoms with van der Waals surface area (Å²) < 4.78 is 7.99. The van der Waals surface area contributed by atoms with Crippen molar-refractivity contribution in [2.45, 2.75) is 57.2 Å². The molecule has 0 aliphatic carbocycles. The summed E-state index contributed by atoms with van der Waals surface area (Å²) in [6.45, 7) is 8.48. The first-order valence-electron chi connectivity index (χ1n) is 18.0. The minimum absolute atomic E-state index is 0.0508. The number of likely N-dealkylation sites (tertiary alicyclic amines) is 2. The van der Waals surface area contributed by atoms with Gasteiger partial charge in [0.2, 0.25) is 0 Å². The molecule has 5 heterocycles. The van der Waals surface area contributed by atoms with Gasteiger partial charge in [-0.15, -0.1) is 0 Å². The van der Waals surface area contributed by atoms with Gasteiger partial charge in [-0.2, -0.15) is 5.10 Å². The second-order valence-electron chi connectivity index (χ2n) is 14.4. The fourth-order valence-electron chi connectivity index (χ4n) is 8.40. The maximum absolute atomic E-state index is 14.2. The first-order chi connectivity index (χ1) is 24.3. The van der Waals surface area contributed by atoms with E-state index in [0.29, 0.717) is 51.5 Å². The van der Waals surface area contributed by atoms with Crippen LogP contribution in [0.15, 0.2) is 59.5 Å². The number of likely N-dealkylation sites (N-methyl/N-ethyl adjacent to an activating group) is 1. The molecule has 5 aromatic rings. The van der Waals surface area contributed by atoms with Gasteiger partial charge in [0.1, 0.15) is 0 Å². The van der Waals surface area contributed by atoms with Gasteiger partial charge in [0.15, 0.2) is 6.10 Å². The third kappa shape index (κ3) is 6.26. The van der Waals surface area contributed by atoms with E-state index in [0.717, 1.165) is 82.9 Å². The third-order valence-electron chi connectivity index (χ3n) is 11.3. The molecule has 3 aliphatic heterocycles. The summed E-state index contributed by atoms with van der Waals surface area (Å²) in [5.41, 5.74) is 4.51. The van der Waals surface area contributed by atoms with E-state index >= 15 is 0 Å². The predicted molar refractivity (Wildman–Crippen MR) is 193 cm³/mol. The molecule has 2 aromatic heterocycles. The zero-order valence-corrected chi connectivity index (χ0v) is 28.9. The number of aromatic amines is 2. The van der Waals surface area contributed by atoms with Gasteiger partial charge in [-0.1, -0.05) is 36.4 Å². The van der Waals surface area contributed by atoms with Crippen LogP contribution in [-0.4, -0.2) is 123 Å². The average molecular weight is 679 g/mol. The van der Waals surface area contributed by atoms with E-state index < -0.39 is 12.2 Å². The maximum atomic E-state index is 14.2. The van der Waals surface area contributed by atoms with Crippen molar-refractivity contribution in [3.8, 4) is 0 Å². The molecule has 12 heteroatoms. The second-order valence-corrected chi connectivity index (χ2v) is 14.4. The van der Waals surface area contributed by atoms with E-state index in [1.54, 1.807) is 11.1 Å². The summed E-state index contributed by atoms with van der Waals surface area (Å²) in [7, 11) is 2.17. The molecule has 3 saturated heterocycles. The SMILES string of the molecule is Cc1cc(C[C@@H](OC(=O)N2CCC(n3c(=O)[nH]c4c5ccccc5ccc43)CC2)C(=O)N2CCC(N3CCN(C)CC3)CC2)cc2cn[nH]c12. The molecule has 8 rings (SSSR count). The number of fused-ring (bicyclic) bond motifs is 4. The molecule has 3 aromatic carbocycles. The van der Waals surface area contributed by atoms with E-state index in [-0.39, 0.29) is 17.6 Å². The highest BCUT2D eigenvalue weighted by molar-refractivity contribution is 6.04. The number of rotatable bonds is 6. The van der Waals surface area contributed by atoms with Crippen molar-refractivity contribution in [3.05, 3.63) is 76.3 Å². The van der Waals surface area contributed by atoms with E-state index in [2.05, 4.69) is 32.0 Å². The molecule has 262 valence electrons. The lowest BCUT2D eigenvalue weighted by atomic mass is 9.99. The van der Waals surface area contributed by atoms with Crippen molar-refractivity contribution in [2.24, 2.45) is 0 Å². The molecule has 0 radical (unpaired) electrons. The van der Waals surface area contributed by atoms with Gasteiger partial charge in [0.05, 0.1) is 22.7 Å². The molecular weight excluding hydrogens is 632 g/mol. The molecule has 12 nitrogen and oxygen atoms in total. The van der Waals surface area contributed by atoms with E-state index in [9.17, 15) is 14.4 Å². The quantitative estimate of drug-likeness (QED) is 0.275. The van der Waals surface area contributed by atoms with Crippen molar-refractivity contribution >= 4 is 44.7 Å². The van der Waals surface area contributed by atoms with Gasteiger partial charge in [-0.25, -0.2) is 9.59 Å². The zero-order chi connectivity index (χ0) is 34.4. The van der Waals surface area contributed by atoms with Crippen LogP contribution in [0.5, 0.6) is 0 Å². The summed E-state index contributed by atoms with van der Waals surface area (Å²) in [4.78, 5) is 52.7. The Bertz CT molecular complexity index is 2080. The fourth-order valence-corrected chi connectivity index (χ4v) is 8.40. The van der Waals surface area contributed by atoms with Crippen LogP contribution in [0.2, 0.25) is 0 Å². The zero-order valence-electron chi connectivity index (χ0n) is 28.9. The van der Waals surface area contributed by atoms with Gasteiger partial charge in [0.25, 0.3) is 5.91 Å². The van der Waals surface area contributed by atoms with Crippen LogP contribution in [0.1, 0.15) is 42.9 Å². The monoisotopic (exact) mass is 678 g/mol. The molecule has 2 N–H and O–H groups in total. The van der Waals surface area contributed by atoms with Crippen molar-refractivity contribution in [1.82, 2.24) is 39.3 Å². The number of nitrogens with zero attached hydrogens (tertiary/aromatic N) is 6. The number of nitrogens with one attached hydrogen (secondary N) is 2. The molecule has 3 fully saturated rings. The molecule has 1 atom stereocenters. The number of amides is 2. The van der Waals surface area contributed by atoms with E-state index in [4.69, 9.17) is 4.74 Å². The lowest BCUT2D eigenvalue weighted by molar-refractivity contribution is -0.142. The Morgan fingerprint density at radius 1 is 0.860 bits per heavy atom. The summed E-state index contributed by atoms with van der Waals surface area (Å²) in [6.07, 6.45) is 3.73. The average Bonchev–Trinajstić information content (AvgIpc) is 3.76. The molecule has 0 saturated carbocycles. The van der Waals surface area contributed by atoms with Gasteiger partial charge < -0.3 is 24.4 Å². The van der Waals surface area contributed by atoms with E-state index in [1.807, 2.05) is 64.9 Å². The van der Waals surface area contributed by atoms with Crippen LogP contribution < -0.4 is 5.69 Å². The van der Waals surface area contributed by atoms with Crippen molar-refractivity contribution < 1.29 is 14.3 Å². The highest BCUT2D eigenvalue weighted by Gasteiger charge is 2.35. The van der Waals surface area contributed by atoms with Crippen LogP contribution in [0.4, 0.5) is 4.79 Å². The number of benzene rings is 3. The molecule has 0 unspecified atom stereocenters. The number of carbonyl (C=O) groups excluding carboxylic acids is 2. The number of piperidine rings is 2. The Labute approximate surface area is 290 Å². The normalized spacial score (nSPS) is 19.5. The molecule has 0 spiro atoms. The Morgan fingerprint density at radius 2 is 1.58 bits per heavy atom. The third-order valence-corrected chi connectivity index (χ3v) is 11.3. The van der Waals surface area contributed by atoms with Crippen LogP contribution in [-0.2, 0) is 16.0 Å². The first-order valence-corrected chi connectivity index (χ1v) is 18.0. The summed E-state index contributed by atoms with van der Waals surface area (Å²) in [5, 5.41) is 10.3. The Morgan fingerprint density at radius 3 is 2.36 bits per heavy atom. The second kappa shape index (κ2) is 13.6. The topological polar surface area (TPSA) is 123 Å². The van der Waals surface area contributed by atoms with Crippen LogP contribution in [0.3, 0.4) is 0 Å². The number of H-pyrrole nitrogens is 2. The molecular formula is C38H46N8O4.